The third-order valence-electron chi connectivity index (χ3n) is 4.81. The molecule has 5 rings (SSSR count). The molecule has 7 nitrogen and oxygen atoms in total. The van der Waals surface area contributed by atoms with E-state index >= 15 is 0 Å². The summed E-state index contributed by atoms with van der Waals surface area (Å²) in [4.78, 5) is 4.33. The number of oxazole rings is 1. The molecule has 2 heterocycles. The van der Waals surface area contributed by atoms with Gasteiger partial charge in [0, 0.05) is 11.8 Å². The first-order valence-corrected chi connectivity index (χ1v) is 11.6. The Morgan fingerprint density at radius 1 is 0.875 bits per heavy atom. The van der Waals surface area contributed by atoms with Crippen molar-refractivity contribution in [2.75, 3.05) is 18.5 Å². The highest BCUT2D eigenvalue weighted by Gasteiger charge is 2.30. The van der Waals surface area contributed by atoms with Gasteiger partial charge in [0.2, 0.25) is 26.6 Å². The molecule has 32 heavy (non-hydrogen) atoms. The SMILES string of the molecule is O=S(=O)(c1ccc2c(c1)OCCO2)c1nc(-c2ccccc2Cl)oc1Nc1ccccc1. The van der Waals surface area contributed by atoms with E-state index in [9.17, 15) is 8.42 Å². The van der Waals surface area contributed by atoms with Crippen LogP contribution in [0.5, 0.6) is 11.5 Å². The van der Waals surface area contributed by atoms with Crippen LogP contribution in [0.1, 0.15) is 0 Å². The predicted molar refractivity (Wildman–Crippen MR) is 120 cm³/mol. The third kappa shape index (κ3) is 3.79. The summed E-state index contributed by atoms with van der Waals surface area (Å²) in [6.07, 6.45) is 0. The minimum Gasteiger partial charge on any atom is -0.486 e. The molecule has 0 bridgehead atoms. The van der Waals surface area contributed by atoms with Crippen LogP contribution in [0.25, 0.3) is 11.5 Å². The fourth-order valence-electron chi connectivity index (χ4n) is 3.27. The molecule has 4 aromatic rings. The fourth-order valence-corrected chi connectivity index (χ4v) is 4.76. The van der Waals surface area contributed by atoms with Crippen LogP contribution in [-0.4, -0.2) is 26.6 Å². The Kier molecular flexibility index (Phi) is 5.24. The van der Waals surface area contributed by atoms with Gasteiger partial charge in [0.05, 0.1) is 15.5 Å². The zero-order valence-corrected chi connectivity index (χ0v) is 18.2. The highest BCUT2D eigenvalue weighted by molar-refractivity contribution is 7.91. The van der Waals surface area contributed by atoms with E-state index in [2.05, 4.69) is 10.3 Å². The summed E-state index contributed by atoms with van der Waals surface area (Å²) in [5.41, 5.74) is 1.13. The Balaban J connectivity index is 1.63. The number of sulfone groups is 1. The summed E-state index contributed by atoms with van der Waals surface area (Å²) in [6.45, 7) is 0.757. The number of nitrogens with one attached hydrogen (secondary N) is 1. The highest BCUT2D eigenvalue weighted by atomic mass is 35.5. The molecule has 0 saturated heterocycles. The minimum atomic E-state index is -4.07. The smallest absolute Gasteiger partial charge is 0.238 e. The van der Waals surface area contributed by atoms with Crippen molar-refractivity contribution in [3.63, 3.8) is 0 Å². The summed E-state index contributed by atoms with van der Waals surface area (Å²) < 4.78 is 44.0. The first-order valence-electron chi connectivity index (χ1n) is 9.75. The second kappa shape index (κ2) is 8.22. The number of hydrogen-bond acceptors (Lipinski definition) is 7. The Morgan fingerprint density at radius 3 is 2.38 bits per heavy atom. The van der Waals surface area contributed by atoms with Crippen molar-refractivity contribution in [2.24, 2.45) is 0 Å². The van der Waals surface area contributed by atoms with Gasteiger partial charge >= 0.3 is 0 Å². The van der Waals surface area contributed by atoms with Crippen LogP contribution in [0.15, 0.2) is 87.1 Å². The van der Waals surface area contributed by atoms with Gasteiger partial charge in [0.25, 0.3) is 0 Å². The van der Waals surface area contributed by atoms with Gasteiger partial charge in [0.1, 0.15) is 13.2 Å². The standard InChI is InChI=1S/C23H17ClN2O5S/c24-18-9-5-4-8-17(18)21-26-23(22(31-21)25-15-6-2-1-3-7-15)32(27,28)16-10-11-19-20(14-16)30-13-12-29-19/h1-11,14,25H,12-13H2. The van der Waals surface area contributed by atoms with Crippen molar-refractivity contribution >= 4 is 33.0 Å². The molecule has 162 valence electrons. The molecule has 0 spiro atoms. The number of aromatic nitrogens is 1. The molecule has 1 aliphatic rings. The van der Waals surface area contributed by atoms with Crippen molar-refractivity contribution in [3.8, 4) is 23.0 Å². The van der Waals surface area contributed by atoms with E-state index < -0.39 is 9.84 Å². The van der Waals surface area contributed by atoms with Gasteiger partial charge in [-0.05, 0) is 36.4 Å². The maximum absolute atomic E-state index is 13.6. The van der Waals surface area contributed by atoms with Gasteiger partial charge < -0.3 is 19.2 Å². The molecule has 0 saturated carbocycles. The molecule has 1 N–H and O–H groups in total. The molecule has 0 radical (unpaired) electrons. The number of halogens is 1. The maximum atomic E-state index is 13.6. The summed E-state index contributed by atoms with van der Waals surface area (Å²) in [6, 6.07) is 20.5. The maximum Gasteiger partial charge on any atom is 0.238 e. The zero-order chi connectivity index (χ0) is 22.1. The second-order valence-corrected chi connectivity index (χ2v) is 9.21. The van der Waals surface area contributed by atoms with Gasteiger partial charge in [0.15, 0.2) is 11.5 Å². The lowest BCUT2D eigenvalue weighted by Crippen LogP contribution is -2.16. The van der Waals surface area contributed by atoms with E-state index in [0.29, 0.717) is 41.0 Å². The van der Waals surface area contributed by atoms with Gasteiger partial charge in [-0.25, -0.2) is 8.42 Å². The van der Waals surface area contributed by atoms with Crippen LogP contribution in [0.3, 0.4) is 0 Å². The van der Waals surface area contributed by atoms with Crippen molar-refractivity contribution in [3.05, 3.63) is 77.8 Å². The normalized spacial score (nSPS) is 13.0. The molecule has 0 fully saturated rings. The predicted octanol–water partition coefficient (Wildman–Crippen LogP) is 5.34. The minimum absolute atomic E-state index is 0.0110. The zero-order valence-electron chi connectivity index (χ0n) is 16.6. The lowest BCUT2D eigenvalue weighted by Gasteiger charge is -2.18. The van der Waals surface area contributed by atoms with Crippen molar-refractivity contribution in [2.45, 2.75) is 9.92 Å². The number of fused-ring (bicyclic) bond motifs is 1. The Morgan fingerprint density at radius 2 is 1.59 bits per heavy atom. The van der Waals surface area contributed by atoms with E-state index in [1.54, 1.807) is 42.5 Å². The topological polar surface area (TPSA) is 90.7 Å². The Labute approximate surface area is 189 Å². The van der Waals surface area contributed by atoms with E-state index in [1.165, 1.54) is 12.1 Å². The number of hydrogen-bond donors (Lipinski definition) is 1. The quantitative estimate of drug-likeness (QED) is 0.422. The molecule has 1 aromatic heterocycles. The van der Waals surface area contributed by atoms with Gasteiger partial charge in [-0.1, -0.05) is 41.9 Å². The van der Waals surface area contributed by atoms with Crippen LogP contribution < -0.4 is 14.8 Å². The molecular formula is C23H17ClN2O5S. The van der Waals surface area contributed by atoms with Crippen LogP contribution in [0.2, 0.25) is 5.02 Å². The molecule has 3 aromatic carbocycles. The number of anilines is 2. The Hall–Kier alpha value is -3.49. The van der Waals surface area contributed by atoms with Crippen molar-refractivity contribution < 1.29 is 22.3 Å². The number of para-hydroxylation sites is 1. The number of nitrogens with zero attached hydrogens (tertiary/aromatic N) is 1. The Bertz CT molecular complexity index is 1390. The molecule has 1 aliphatic heterocycles. The first-order chi connectivity index (χ1) is 15.5. The van der Waals surface area contributed by atoms with Crippen molar-refractivity contribution in [1.29, 1.82) is 0 Å². The molecule has 0 amide bonds. The summed E-state index contributed by atoms with van der Waals surface area (Å²) in [7, 11) is -4.07. The van der Waals surface area contributed by atoms with E-state index in [1.807, 2.05) is 18.2 Å². The molecule has 0 unspecified atom stereocenters. The molecule has 0 atom stereocenters. The average Bonchev–Trinajstić information content (AvgIpc) is 3.24. The fraction of sp³-hybridized carbons (Fsp3) is 0.0870. The van der Waals surface area contributed by atoms with Gasteiger partial charge in [-0.15, -0.1) is 0 Å². The van der Waals surface area contributed by atoms with E-state index in [-0.39, 0.29) is 21.7 Å². The molecule has 9 heteroatoms. The van der Waals surface area contributed by atoms with Gasteiger partial charge in [-0.2, -0.15) is 4.98 Å². The summed E-state index contributed by atoms with van der Waals surface area (Å²) in [5.74, 6) is 0.936. The van der Waals surface area contributed by atoms with Crippen LogP contribution in [0, 0.1) is 0 Å². The molecule has 0 aliphatic carbocycles. The summed E-state index contributed by atoms with van der Waals surface area (Å²) in [5, 5.41) is 3.15. The lowest BCUT2D eigenvalue weighted by molar-refractivity contribution is 0.171. The first kappa shape index (κ1) is 20.4. The second-order valence-electron chi connectivity index (χ2n) is 6.93. The van der Waals surface area contributed by atoms with Crippen LogP contribution in [-0.2, 0) is 9.84 Å². The monoisotopic (exact) mass is 468 g/mol. The van der Waals surface area contributed by atoms with E-state index in [0.717, 1.165) is 0 Å². The van der Waals surface area contributed by atoms with Gasteiger partial charge in [-0.3, -0.25) is 0 Å². The number of rotatable bonds is 5. The van der Waals surface area contributed by atoms with Crippen molar-refractivity contribution in [1.82, 2.24) is 4.98 Å². The largest absolute Gasteiger partial charge is 0.486 e. The highest BCUT2D eigenvalue weighted by Crippen LogP contribution is 2.38. The lowest BCUT2D eigenvalue weighted by atomic mass is 10.2. The van der Waals surface area contributed by atoms with Crippen LogP contribution >= 0.6 is 11.6 Å². The average molecular weight is 469 g/mol. The van der Waals surface area contributed by atoms with E-state index in [4.69, 9.17) is 25.5 Å². The molecular weight excluding hydrogens is 452 g/mol. The van der Waals surface area contributed by atoms with Crippen LogP contribution in [0.4, 0.5) is 11.6 Å². The number of ether oxygens (including phenoxy) is 2. The number of benzene rings is 3. The third-order valence-corrected chi connectivity index (χ3v) is 6.80. The summed E-state index contributed by atoms with van der Waals surface area (Å²) >= 11 is 6.29.